The van der Waals surface area contributed by atoms with E-state index < -0.39 is 5.97 Å². The minimum Gasteiger partial charge on any atom is -0.465 e. The van der Waals surface area contributed by atoms with Gasteiger partial charge >= 0.3 is 5.97 Å². The minimum absolute atomic E-state index is 0.0641. The number of anilines is 1. The first-order chi connectivity index (χ1) is 8.08. The molecule has 1 aromatic rings. The van der Waals surface area contributed by atoms with Crippen molar-refractivity contribution in [2.45, 2.75) is 13.8 Å². The Balaban J connectivity index is 2.85. The molecule has 0 bridgehead atoms. The van der Waals surface area contributed by atoms with Crippen molar-refractivity contribution in [3.05, 3.63) is 41.1 Å². The van der Waals surface area contributed by atoms with Crippen LogP contribution in [0.5, 0.6) is 0 Å². The van der Waals surface area contributed by atoms with E-state index in [0.29, 0.717) is 0 Å². The normalized spacial score (nSPS) is 10.6. The molecule has 0 heterocycles. The summed E-state index contributed by atoms with van der Waals surface area (Å²) in [4.78, 5) is 11.1. The molecule has 0 aliphatic heterocycles. The van der Waals surface area contributed by atoms with E-state index in [2.05, 4.69) is 10.1 Å². The summed E-state index contributed by atoms with van der Waals surface area (Å²) in [5.74, 6) is -0.649. The predicted molar refractivity (Wildman–Crippen MR) is 65.3 cm³/mol. The van der Waals surface area contributed by atoms with E-state index in [1.807, 2.05) is 32.0 Å². The van der Waals surface area contributed by atoms with E-state index in [1.54, 1.807) is 6.07 Å². The maximum atomic E-state index is 11.1. The number of hydrogen-bond donors (Lipinski definition) is 1. The predicted octanol–water partition coefficient (Wildman–Crippen LogP) is 2.30. The van der Waals surface area contributed by atoms with Crippen molar-refractivity contribution in [2.75, 3.05) is 12.4 Å². The number of nitrogens with zero attached hydrogens (tertiary/aromatic N) is 1. The van der Waals surface area contributed by atoms with Gasteiger partial charge in [0.25, 0.3) is 0 Å². The summed E-state index contributed by atoms with van der Waals surface area (Å²) in [7, 11) is 1.24. The van der Waals surface area contributed by atoms with Gasteiger partial charge in [0.05, 0.1) is 7.11 Å². The van der Waals surface area contributed by atoms with Crippen LogP contribution in [-0.2, 0) is 9.53 Å². The fourth-order valence-electron chi connectivity index (χ4n) is 1.23. The van der Waals surface area contributed by atoms with Gasteiger partial charge in [-0.25, -0.2) is 4.79 Å². The Morgan fingerprint density at radius 1 is 1.41 bits per heavy atom. The molecule has 4 nitrogen and oxygen atoms in total. The van der Waals surface area contributed by atoms with Gasteiger partial charge in [0.1, 0.15) is 6.07 Å². The Kier molecular flexibility index (Phi) is 4.29. The molecule has 0 aliphatic rings. The molecule has 0 atom stereocenters. The topological polar surface area (TPSA) is 62.1 Å². The van der Waals surface area contributed by atoms with Crippen molar-refractivity contribution in [2.24, 2.45) is 0 Å². The summed E-state index contributed by atoms with van der Waals surface area (Å²) in [6, 6.07) is 7.56. The average Bonchev–Trinajstić information content (AvgIpc) is 2.33. The van der Waals surface area contributed by atoms with Crippen LogP contribution in [0.1, 0.15) is 11.1 Å². The molecule has 17 heavy (non-hydrogen) atoms. The van der Waals surface area contributed by atoms with Gasteiger partial charge in [0.2, 0.25) is 0 Å². The number of ether oxygens (including phenoxy) is 1. The summed E-state index contributed by atoms with van der Waals surface area (Å²) >= 11 is 0. The Labute approximate surface area is 101 Å². The third-order valence-electron chi connectivity index (χ3n) is 2.42. The second-order valence-corrected chi connectivity index (χ2v) is 3.60. The number of carbonyl (C=O) groups is 1. The molecule has 0 unspecified atom stereocenters. The number of benzene rings is 1. The summed E-state index contributed by atoms with van der Waals surface area (Å²) < 4.78 is 4.46. The monoisotopic (exact) mass is 230 g/mol. The molecule has 0 aromatic heterocycles. The lowest BCUT2D eigenvalue weighted by Gasteiger charge is -2.05. The highest BCUT2D eigenvalue weighted by Crippen LogP contribution is 2.14. The SMILES string of the molecule is COC(=O)/C(C#N)=C/Nc1ccc(C)c(C)c1. The zero-order valence-corrected chi connectivity index (χ0v) is 10.1. The molecule has 4 heteroatoms. The Morgan fingerprint density at radius 2 is 2.12 bits per heavy atom. The zero-order chi connectivity index (χ0) is 12.8. The molecule has 0 amide bonds. The van der Waals surface area contributed by atoms with E-state index in [-0.39, 0.29) is 5.57 Å². The zero-order valence-electron chi connectivity index (χ0n) is 10.1. The third kappa shape index (κ3) is 3.35. The molecule has 0 aliphatic carbocycles. The van der Waals surface area contributed by atoms with Crippen molar-refractivity contribution < 1.29 is 9.53 Å². The molecular formula is C13H14N2O2. The Hall–Kier alpha value is -2.28. The van der Waals surface area contributed by atoms with Crippen molar-refractivity contribution in [1.82, 2.24) is 0 Å². The van der Waals surface area contributed by atoms with Crippen LogP contribution in [0.15, 0.2) is 30.0 Å². The molecule has 1 aromatic carbocycles. The highest BCUT2D eigenvalue weighted by atomic mass is 16.5. The van der Waals surface area contributed by atoms with Crippen LogP contribution in [0.25, 0.3) is 0 Å². The standard InChI is InChI=1S/C13H14N2O2/c1-9-4-5-12(6-10(9)2)15-8-11(7-14)13(16)17-3/h4-6,8,15H,1-3H3/b11-8+. The second kappa shape index (κ2) is 5.71. The van der Waals surface area contributed by atoms with Crippen molar-refractivity contribution in [3.8, 4) is 6.07 Å². The van der Waals surface area contributed by atoms with Crippen LogP contribution in [0.3, 0.4) is 0 Å². The van der Waals surface area contributed by atoms with Crippen LogP contribution >= 0.6 is 0 Å². The van der Waals surface area contributed by atoms with Gasteiger partial charge in [-0.15, -0.1) is 0 Å². The van der Waals surface area contributed by atoms with Gasteiger partial charge in [-0.3, -0.25) is 0 Å². The molecule has 0 saturated heterocycles. The van der Waals surface area contributed by atoms with Crippen molar-refractivity contribution in [1.29, 1.82) is 5.26 Å². The first kappa shape index (κ1) is 12.8. The van der Waals surface area contributed by atoms with Crippen molar-refractivity contribution in [3.63, 3.8) is 0 Å². The fourth-order valence-corrected chi connectivity index (χ4v) is 1.23. The van der Waals surface area contributed by atoms with Crippen LogP contribution in [0.4, 0.5) is 5.69 Å². The van der Waals surface area contributed by atoms with Gasteiger partial charge in [-0.1, -0.05) is 6.07 Å². The minimum atomic E-state index is -0.649. The highest BCUT2D eigenvalue weighted by molar-refractivity contribution is 5.93. The van der Waals surface area contributed by atoms with Crippen LogP contribution in [0, 0.1) is 25.2 Å². The van der Waals surface area contributed by atoms with E-state index in [9.17, 15) is 4.79 Å². The lowest BCUT2D eigenvalue weighted by Crippen LogP contribution is -2.05. The summed E-state index contributed by atoms with van der Waals surface area (Å²) in [6.45, 7) is 4.01. The average molecular weight is 230 g/mol. The van der Waals surface area contributed by atoms with Crippen molar-refractivity contribution >= 4 is 11.7 Å². The maximum absolute atomic E-state index is 11.1. The Bertz CT molecular complexity index is 499. The van der Waals surface area contributed by atoms with Gasteiger partial charge in [-0.2, -0.15) is 5.26 Å². The van der Waals surface area contributed by atoms with Gasteiger partial charge in [-0.05, 0) is 37.1 Å². The van der Waals surface area contributed by atoms with Gasteiger partial charge in [0.15, 0.2) is 5.57 Å². The van der Waals surface area contributed by atoms with E-state index in [1.165, 1.54) is 18.9 Å². The number of nitrogens with one attached hydrogen (secondary N) is 1. The maximum Gasteiger partial charge on any atom is 0.350 e. The molecule has 0 fully saturated rings. The fraction of sp³-hybridized carbons (Fsp3) is 0.231. The van der Waals surface area contributed by atoms with Gasteiger partial charge in [0, 0.05) is 11.9 Å². The lowest BCUT2D eigenvalue weighted by molar-refractivity contribution is -0.135. The molecule has 1 N–H and O–H groups in total. The van der Waals surface area contributed by atoms with Crippen LogP contribution in [0.2, 0.25) is 0 Å². The second-order valence-electron chi connectivity index (χ2n) is 3.60. The molecule has 88 valence electrons. The first-order valence-corrected chi connectivity index (χ1v) is 5.11. The number of rotatable bonds is 3. The van der Waals surface area contributed by atoms with E-state index in [4.69, 9.17) is 5.26 Å². The smallest absolute Gasteiger partial charge is 0.350 e. The third-order valence-corrected chi connectivity index (χ3v) is 2.42. The lowest BCUT2D eigenvalue weighted by atomic mass is 10.1. The van der Waals surface area contributed by atoms with E-state index >= 15 is 0 Å². The van der Waals surface area contributed by atoms with E-state index in [0.717, 1.165) is 11.3 Å². The highest BCUT2D eigenvalue weighted by Gasteiger charge is 2.07. The Morgan fingerprint density at radius 3 is 2.65 bits per heavy atom. The summed E-state index contributed by atoms with van der Waals surface area (Å²) in [6.07, 6.45) is 1.34. The number of carbonyl (C=O) groups excluding carboxylic acids is 1. The molecular weight excluding hydrogens is 216 g/mol. The number of methoxy groups -OCH3 is 1. The van der Waals surface area contributed by atoms with Crippen LogP contribution < -0.4 is 5.32 Å². The van der Waals surface area contributed by atoms with Crippen LogP contribution in [-0.4, -0.2) is 13.1 Å². The number of hydrogen-bond acceptors (Lipinski definition) is 4. The molecule has 0 saturated carbocycles. The number of aryl methyl sites for hydroxylation is 2. The molecule has 1 rings (SSSR count). The summed E-state index contributed by atoms with van der Waals surface area (Å²) in [5, 5.41) is 11.6. The summed E-state index contributed by atoms with van der Waals surface area (Å²) in [5.41, 5.74) is 3.09. The number of esters is 1. The largest absolute Gasteiger partial charge is 0.465 e. The molecule has 0 radical (unpaired) electrons. The molecule has 0 spiro atoms. The quantitative estimate of drug-likeness (QED) is 0.491. The first-order valence-electron chi connectivity index (χ1n) is 5.11. The van der Waals surface area contributed by atoms with Gasteiger partial charge < -0.3 is 10.1 Å². The number of nitriles is 1.